The van der Waals surface area contributed by atoms with Gasteiger partial charge in [-0.25, -0.2) is 13.1 Å². The smallest absolute Gasteiger partial charge is 0.243 e. The molecule has 0 radical (unpaired) electrons. The average molecular weight is 368 g/mol. The number of methoxy groups -OCH3 is 1. The van der Waals surface area contributed by atoms with Crippen molar-refractivity contribution in [3.63, 3.8) is 0 Å². The lowest BCUT2D eigenvalue weighted by molar-refractivity contribution is -0.116. The number of rotatable bonds is 6. The summed E-state index contributed by atoms with van der Waals surface area (Å²) in [6.45, 7) is 1.23. The maximum absolute atomic E-state index is 12.7. The van der Waals surface area contributed by atoms with Gasteiger partial charge in [-0.15, -0.1) is 0 Å². The molecule has 0 unspecified atom stereocenters. The van der Waals surface area contributed by atoms with E-state index < -0.39 is 21.7 Å². The first kappa shape index (κ1) is 18.3. The van der Waals surface area contributed by atoms with Crippen LogP contribution in [0.5, 0.6) is 0 Å². The maximum Gasteiger partial charge on any atom is 0.243 e. The number of hydrogen-bond donors (Lipinski definition) is 1. The summed E-state index contributed by atoms with van der Waals surface area (Å²) in [4.78, 5) is 14.2. The van der Waals surface area contributed by atoms with Crippen molar-refractivity contribution in [3.8, 4) is 0 Å². The van der Waals surface area contributed by atoms with Crippen molar-refractivity contribution >= 4 is 21.6 Å². The number of hydrogen-bond acceptors (Lipinski definition) is 5. The third-order valence-corrected chi connectivity index (χ3v) is 5.85. The van der Waals surface area contributed by atoms with E-state index >= 15 is 0 Å². The van der Waals surface area contributed by atoms with Gasteiger partial charge in [-0.1, -0.05) is 18.2 Å². The van der Waals surface area contributed by atoms with Gasteiger partial charge in [-0.2, -0.15) is 0 Å². The zero-order chi connectivity index (χ0) is 17.9. The number of carbonyl (C=O) groups excluding carboxylic acids is 1. The third-order valence-electron chi connectivity index (χ3n) is 4.62. The number of benzene rings is 1. The summed E-state index contributed by atoms with van der Waals surface area (Å²) < 4.78 is 37.8. The van der Waals surface area contributed by atoms with Gasteiger partial charge in [0.25, 0.3) is 0 Å². The number of nitrogens with one attached hydrogen (secondary N) is 1. The van der Waals surface area contributed by atoms with Crippen molar-refractivity contribution in [2.75, 3.05) is 37.5 Å². The van der Waals surface area contributed by atoms with E-state index in [4.69, 9.17) is 9.47 Å². The third kappa shape index (κ3) is 4.58. The van der Waals surface area contributed by atoms with Gasteiger partial charge in [-0.05, 0) is 24.5 Å². The molecule has 2 aliphatic rings. The van der Waals surface area contributed by atoms with Gasteiger partial charge >= 0.3 is 0 Å². The fourth-order valence-corrected chi connectivity index (χ4v) is 4.29. The Morgan fingerprint density at radius 1 is 1.40 bits per heavy atom. The zero-order valence-corrected chi connectivity index (χ0v) is 15.1. The van der Waals surface area contributed by atoms with Gasteiger partial charge in [0.2, 0.25) is 15.9 Å². The summed E-state index contributed by atoms with van der Waals surface area (Å²) in [6, 6.07) is 7.52. The van der Waals surface area contributed by atoms with E-state index in [9.17, 15) is 13.2 Å². The predicted octanol–water partition coefficient (Wildman–Crippen LogP) is 0.689. The van der Waals surface area contributed by atoms with Crippen LogP contribution in [-0.2, 0) is 30.7 Å². The maximum atomic E-state index is 12.7. The number of sulfonamides is 1. The molecule has 0 bridgehead atoms. The number of anilines is 1. The number of nitrogens with zero attached hydrogens (tertiary/aromatic N) is 1. The molecule has 0 spiro atoms. The van der Waals surface area contributed by atoms with Crippen LogP contribution in [0.1, 0.15) is 18.4 Å². The molecule has 2 atom stereocenters. The Morgan fingerprint density at radius 2 is 2.20 bits per heavy atom. The second-order valence-electron chi connectivity index (χ2n) is 6.44. The summed E-state index contributed by atoms with van der Waals surface area (Å²) in [5.41, 5.74) is 1.74. The van der Waals surface area contributed by atoms with Gasteiger partial charge in [0.15, 0.2) is 0 Å². The molecule has 3 rings (SSSR count). The molecule has 2 aliphatic heterocycles. The van der Waals surface area contributed by atoms with E-state index in [1.165, 1.54) is 4.90 Å². The Bertz CT molecular complexity index is 716. The lowest BCUT2D eigenvalue weighted by Crippen LogP contribution is -2.47. The number of fused-ring (bicyclic) bond motifs is 1. The summed E-state index contributed by atoms with van der Waals surface area (Å²) >= 11 is 0. The van der Waals surface area contributed by atoms with E-state index in [0.717, 1.165) is 24.1 Å². The second-order valence-corrected chi connectivity index (χ2v) is 8.24. The van der Waals surface area contributed by atoms with E-state index in [0.29, 0.717) is 19.6 Å². The van der Waals surface area contributed by atoms with Gasteiger partial charge in [0.05, 0.1) is 18.8 Å². The van der Waals surface area contributed by atoms with Gasteiger partial charge in [0.1, 0.15) is 5.75 Å². The molecule has 1 aromatic carbocycles. The Kier molecular flexibility index (Phi) is 5.73. The number of carbonyl (C=O) groups is 1. The van der Waals surface area contributed by atoms with Gasteiger partial charge < -0.3 is 14.4 Å². The molecule has 1 N–H and O–H groups in total. The van der Waals surface area contributed by atoms with Gasteiger partial charge in [-0.3, -0.25) is 4.79 Å². The van der Waals surface area contributed by atoms with Crippen molar-refractivity contribution < 1.29 is 22.7 Å². The number of amides is 1. The largest absolute Gasteiger partial charge is 0.379 e. The molecule has 0 aromatic heterocycles. The van der Waals surface area contributed by atoms with Crippen molar-refractivity contribution in [3.05, 3.63) is 29.8 Å². The first-order valence-electron chi connectivity index (χ1n) is 8.48. The monoisotopic (exact) mass is 368 g/mol. The highest BCUT2D eigenvalue weighted by Gasteiger charge is 2.31. The molecule has 8 heteroatoms. The van der Waals surface area contributed by atoms with E-state index in [2.05, 4.69) is 4.72 Å². The fourth-order valence-electron chi connectivity index (χ4n) is 3.27. The molecule has 1 aromatic rings. The molecule has 0 saturated carbocycles. The van der Waals surface area contributed by atoms with Crippen LogP contribution >= 0.6 is 0 Å². The first-order chi connectivity index (χ1) is 12.0. The molecule has 25 heavy (non-hydrogen) atoms. The topological polar surface area (TPSA) is 84.9 Å². The number of para-hydroxylation sites is 1. The van der Waals surface area contributed by atoms with Crippen LogP contribution in [-0.4, -0.2) is 59.1 Å². The molecule has 138 valence electrons. The standard InChI is InChI=1S/C17H24N2O5S/c1-23-15-9-13-5-2-3-7-16(13)19(11-15)17(20)12-25(21,22)18-10-14-6-4-8-24-14/h2-3,5,7,14-15,18H,4,6,8-12H2,1H3/t14-,15+/m0/s1. The van der Waals surface area contributed by atoms with Crippen LogP contribution in [0.25, 0.3) is 0 Å². The zero-order valence-electron chi connectivity index (χ0n) is 14.3. The summed E-state index contributed by atoms with van der Waals surface area (Å²) in [6.07, 6.45) is 2.25. The normalized spacial score (nSPS) is 23.5. The lowest BCUT2D eigenvalue weighted by atomic mass is 9.99. The minimum Gasteiger partial charge on any atom is -0.379 e. The van der Waals surface area contributed by atoms with Gasteiger partial charge in [0, 0.05) is 32.4 Å². The van der Waals surface area contributed by atoms with Crippen LogP contribution in [0.2, 0.25) is 0 Å². The molecule has 1 fully saturated rings. The summed E-state index contributed by atoms with van der Waals surface area (Å²) in [7, 11) is -2.11. The van der Waals surface area contributed by atoms with Crippen LogP contribution in [0.15, 0.2) is 24.3 Å². The lowest BCUT2D eigenvalue weighted by Gasteiger charge is -2.34. The number of ether oxygens (including phenoxy) is 2. The van der Waals surface area contributed by atoms with Crippen molar-refractivity contribution in [2.45, 2.75) is 31.5 Å². The molecule has 1 amide bonds. The minimum atomic E-state index is -3.71. The van der Waals surface area contributed by atoms with Crippen LogP contribution in [0.4, 0.5) is 5.69 Å². The molecular weight excluding hydrogens is 344 g/mol. The highest BCUT2D eigenvalue weighted by atomic mass is 32.2. The molecule has 2 heterocycles. The summed E-state index contributed by atoms with van der Waals surface area (Å²) in [5.74, 6) is -1.03. The SMILES string of the molecule is CO[C@@H]1Cc2ccccc2N(C(=O)CS(=O)(=O)NC[C@@H]2CCCO2)C1. The highest BCUT2D eigenvalue weighted by Crippen LogP contribution is 2.28. The van der Waals surface area contributed by atoms with Crippen molar-refractivity contribution in [2.24, 2.45) is 0 Å². The first-order valence-corrected chi connectivity index (χ1v) is 10.1. The molecular formula is C17H24N2O5S. The Morgan fingerprint density at radius 3 is 2.92 bits per heavy atom. The van der Waals surface area contributed by atoms with Crippen LogP contribution < -0.4 is 9.62 Å². The second kappa shape index (κ2) is 7.82. The minimum absolute atomic E-state index is 0.0986. The van der Waals surface area contributed by atoms with E-state index in [-0.39, 0.29) is 18.8 Å². The molecule has 0 aliphatic carbocycles. The van der Waals surface area contributed by atoms with Crippen LogP contribution in [0.3, 0.4) is 0 Å². The summed E-state index contributed by atoms with van der Waals surface area (Å²) in [5, 5.41) is 0. The van der Waals surface area contributed by atoms with E-state index in [1.54, 1.807) is 7.11 Å². The van der Waals surface area contributed by atoms with Crippen LogP contribution in [0, 0.1) is 0 Å². The average Bonchev–Trinajstić information content (AvgIpc) is 3.12. The Hall–Kier alpha value is -1.48. The van der Waals surface area contributed by atoms with E-state index in [1.807, 2.05) is 24.3 Å². The fraction of sp³-hybridized carbons (Fsp3) is 0.588. The Labute approximate surface area is 148 Å². The quantitative estimate of drug-likeness (QED) is 0.799. The predicted molar refractivity (Wildman–Crippen MR) is 94.1 cm³/mol. The molecule has 7 nitrogen and oxygen atoms in total. The highest BCUT2D eigenvalue weighted by molar-refractivity contribution is 7.90. The Balaban J connectivity index is 1.67. The van der Waals surface area contributed by atoms with Crippen molar-refractivity contribution in [1.82, 2.24) is 4.72 Å². The van der Waals surface area contributed by atoms with Crippen molar-refractivity contribution in [1.29, 1.82) is 0 Å². The molecule has 1 saturated heterocycles.